The standard InChI is InChI=1S/C26H22N2O4/c29-15-19-12-16-4-1-2-6-22(16)27-25(19)18-7-10-23-17(13-18)5-3-11-28(23)26(32)21-9-8-20(30)14-24(21)31/h1-2,4,6-10,12-14,29-31H,3,5,11,15H2. The minimum atomic E-state index is -0.309. The van der Waals surface area contributed by atoms with Crippen LogP contribution in [0, 0.1) is 0 Å². The number of benzene rings is 3. The third kappa shape index (κ3) is 3.44. The summed E-state index contributed by atoms with van der Waals surface area (Å²) in [6.45, 7) is 0.427. The molecule has 0 aliphatic carbocycles. The molecule has 160 valence electrons. The molecule has 1 amide bonds. The van der Waals surface area contributed by atoms with Crippen LogP contribution in [0.3, 0.4) is 0 Å². The van der Waals surface area contributed by atoms with Gasteiger partial charge in [-0.1, -0.05) is 24.3 Å². The van der Waals surface area contributed by atoms with Gasteiger partial charge in [0.05, 0.1) is 23.4 Å². The normalized spacial score (nSPS) is 13.2. The second kappa shape index (κ2) is 7.98. The van der Waals surface area contributed by atoms with E-state index in [4.69, 9.17) is 4.98 Å². The molecule has 6 nitrogen and oxygen atoms in total. The van der Waals surface area contributed by atoms with Crippen molar-refractivity contribution in [2.75, 3.05) is 11.4 Å². The van der Waals surface area contributed by atoms with Crippen molar-refractivity contribution in [1.29, 1.82) is 0 Å². The number of hydrogen-bond donors (Lipinski definition) is 3. The number of aliphatic hydroxyl groups is 1. The van der Waals surface area contributed by atoms with Crippen LogP contribution in [-0.2, 0) is 13.0 Å². The molecule has 1 aliphatic heterocycles. The van der Waals surface area contributed by atoms with Crippen LogP contribution in [0.15, 0.2) is 66.7 Å². The summed E-state index contributed by atoms with van der Waals surface area (Å²) in [5.74, 6) is -0.645. The molecule has 0 fully saturated rings. The number of para-hydroxylation sites is 1. The molecular weight excluding hydrogens is 404 g/mol. The van der Waals surface area contributed by atoms with E-state index in [1.165, 1.54) is 18.2 Å². The van der Waals surface area contributed by atoms with Crippen molar-refractivity contribution in [3.63, 3.8) is 0 Å². The lowest BCUT2D eigenvalue weighted by Gasteiger charge is -2.30. The molecule has 3 N–H and O–H groups in total. The molecule has 4 aromatic rings. The fourth-order valence-corrected chi connectivity index (χ4v) is 4.33. The lowest BCUT2D eigenvalue weighted by Crippen LogP contribution is -2.35. The SMILES string of the molecule is O=C(c1ccc(O)cc1O)N1CCCc2cc(-c3nc4ccccc4cc3CO)ccc21. The van der Waals surface area contributed by atoms with E-state index in [2.05, 4.69) is 0 Å². The number of amides is 1. The average molecular weight is 426 g/mol. The van der Waals surface area contributed by atoms with E-state index in [0.717, 1.165) is 51.8 Å². The number of aliphatic hydroxyl groups excluding tert-OH is 1. The molecule has 0 atom stereocenters. The Morgan fingerprint density at radius 2 is 1.84 bits per heavy atom. The Hall–Kier alpha value is -3.90. The predicted molar refractivity (Wildman–Crippen MR) is 123 cm³/mol. The van der Waals surface area contributed by atoms with E-state index in [-0.39, 0.29) is 29.6 Å². The van der Waals surface area contributed by atoms with Gasteiger partial charge >= 0.3 is 0 Å². The fourth-order valence-electron chi connectivity index (χ4n) is 4.33. The Bertz CT molecular complexity index is 1350. The third-order valence-electron chi connectivity index (χ3n) is 5.90. The zero-order valence-electron chi connectivity index (χ0n) is 17.3. The number of nitrogens with zero attached hydrogens (tertiary/aromatic N) is 2. The average Bonchev–Trinajstić information content (AvgIpc) is 2.82. The van der Waals surface area contributed by atoms with E-state index in [1.807, 2.05) is 48.5 Å². The highest BCUT2D eigenvalue weighted by Gasteiger charge is 2.26. The van der Waals surface area contributed by atoms with Gasteiger partial charge in [-0.15, -0.1) is 0 Å². The summed E-state index contributed by atoms with van der Waals surface area (Å²) in [5.41, 5.74) is 5.19. The predicted octanol–water partition coefficient (Wildman–Crippen LogP) is 4.40. The van der Waals surface area contributed by atoms with Crippen LogP contribution in [0.1, 0.15) is 27.9 Å². The molecule has 0 bridgehead atoms. The fraction of sp³-hybridized carbons (Fsp3) is 0.154. The number of fused-ring (bicyclic) bond motifs is 2. The Morgan fingerprint density at radius 1 is 1.00 bits per heavy atom. The van der Waals surface area contributed by atoms with Crippen LogP contribution >= 0.6 is 0 Å². The number of rotatable bonds is 3. The van der Waals surface area contributed by atoms with E-state index in [0.29, 0.717) is 6.54 Å². The first-order chi connectivity index (χ1) is 15.5. The number of pyridine rings is 1. The van der Waals surface area contributed by atoms with Crippen molar-refractivity contribution < 1.29 is 20.1 Å². The summed E-state index contributed by atoms with van der Waals surface area (Å²) in [6.07, 6.45) is 1.61. The first-order valence-electron chi connectivity index (χ1n) is 10.5. The molecule has 0 saturated heterocycles. The summed E-state index contributed by atoms with van der Waals surface area (Å²) in [7, 11) is 0. The van der Waals surface area contributed by atoms with Crippen LogP contribution < -0.4 is 4.90 Å². The van der Waals surface area contributed by atoms with Crippen LogP contribution in [0.5, 0.6) is 11.5 Å². The monoisotopic (exact) mass is 426 g/mol. The smallest absolute Gasteiger partial charge is 0.262 e. The maximum absolute atomic E-state index is 13.1. The Morgan fingerprint density at radius 3 is 2.66 bits per heavy atom. The number of hydrogen-bond acceptors (Lipinski definition) is 5. The molecule has 0 radical (unpaired) electrons. The number of anilines is 1. The quantitative estimate of drug-likeness (QED) is 0.452. The highest BCUT2D eigenvalue weighted by atomic mass is 16.3. The molecule has 2 heterocycles. The van der Waals surface area contributed by atoms with Crippen molar-refractivity contribution in [1.82, 2.24) is 4.98 Å². The van der Waals surface area contributed by atoms with Gasteiger partial charge in [0.1, 0.15) is 11.5 Å². The Balaban J connectivity index is 1.55. The first kappa shape index (κ1) is 20.0. The van der Waals surface area contributed by atoms with Crippen LogP contribution in [0.4, 0.5) is 5.69 Å². The number of phenolic OH excluding ortho intramolecular Hbond substituents is 2. The maximum atomic E-state index is 13.1. The highest BCUT2D eigenvalue weighted by molar-refractivity contribution is 6.08. The van der Waals surface area contributed by atoms with Gasteiger partial charge in [-0.3, -0.25) is 4.79 Å². The number of carbonyl (C=O) groups excluding carboxylic acids is 1. The molecule has 6 heteroatoms. The lowest BCUT2D eigenvalue weighted by molar-refractivity contribution is 0.0982. The molecule has 0 spiro atoms. The Kier molecular flexibility index (Phi) is 4.99. The first-order valence-corrected chi connectivity index (χ1v) is 10.5. The van der Waals surface area contributed by atoms with Crippen molar-refractivity contribution >= 4 is 22.5 Å². The van der Waals surface area contributed by atoms with Crippen molar-refractivity contribution in [2.45, 2.75) is 19.4 Å². The number of carbonyl (C=O) groups is 1. The molecule has 3 aromatic carbocycles. The number of phenols is 2. The topological polar surface area (TPSA) is 93.9 Å². The van der Waals surface area contributed by atoms with E-state index in [1.54, 1.807) is 4.90 Å². The highest BCUT2D eigenvalue weighted by Crippen LogP contribution is 2.35. The van der Waals surface area contributed by atoms with Crippen molar-refractivity contribution in [3.05, 3.63) is 83.4 Å². The van der Waals surface area contributed by atoms with Crippen LogP contribution in [-0.4, -0.2) is 32.8 Å². The summed E-state index contributed by atoms with van der Waals surface area (Å²) >= 11 is 0. The van der Waals surface area contributed by atoms with E-state index >= 15 is 0 Å². The summed E-state index contributed by atoms with van der Waals surface area (Å²) in [4.78, 5) is 19.6. The lowest BCUT2D eigenvalue weighted by atomic mass is 9.95. The minimum Gasteiger partial charge on any atom is -0.508 e. The van der Waals surface area contributed by atoms with Gasteiger partial charge in [0.2, 0.25) is 0 Å². The van der Waals surface area contributed by atoms with Gasteiger partial charge < -0.3 is 20.2 Å². The second-order valence-electron chi connectivity index (χ2n) is 7.95. The molecule has 1 aliphatic rings. The number of aromatic nitrogens is 1. The van der Waals surface area contributed by atoms with Crippen LogP contribution in [0.2, 0.25) is 0 Å². The number of aromatic hydroxyl groups is 2. The molecule has 5 rings (SSSR count). The van der Waals surface area contributed by atoms with Gasteiger partial charge in [0.15, 0.2) is 0 Å². The Labute approximate surface area is 185 Å². The summed E-state index contributed by atoms with van der Waals surface area (Å²) < 4.78 is 0. The van der Waals surface area contributed by atoms with Gasteiger partial charge in [-0.2, -0.15) is 0 Å². The van der Waals surface area contributed by atoms with Crippen molar-refractivity contribution in [2.24, 2.45) is 0 Å². The molecular formula is C26H22N2O4. The number of aryl methyl sites for hydroxylation is 1. The van der Waals surface area contributed by atoms with Crippen LogP contribution in [0.25, 0.3) is 22.2 Å². The van der Waals surface area contributed by atoms with E-state index in [9.17, 15) is 20.1 Å². The molecule has 1 aromatic heterocycles. The molecule has 0 unspecified atom stereocenters. The maximum Gasteiger partial charge on any atom is 0.262 e. The zero-order valence-corrected chi connectivity index (χ0v) is 17.3. The second-order valence-corrected chi connectivity index (χ2v) is 7.95. The van der Waals surface area contributed by atoms with Gasteiger partial charge in [-0.05, 0) is 54.8 Å². The summed E-state index contributed by atoms with van der Waals surface area (Å²) in [5, 5.41) is 30.6. The van der Waals surface area contributed by atoms with Gasteiger partial charge in [0.25, 0.3) is 5.91 Å². The zero-order chi connectivity index (χ0) is 22.2. The minimum absolute atomic E-state index is 0.0923. The van der Waals surface area contributed by atoms with Gasteiger partial charge in [-0.25, -0.2) is 4.98 Å². The third-order valence-corrected chi connectivity index (χ3v) is 5.90. The van der Waals surface area contributed by atoms with E-state index < -0.39 is 0 Å². The largest absolute Gasteiger partial charge is 0.508 e. The molecule has 0 saturated carbocycles. The summed E-state index contributed by atoms with van der Waals surface area (Å²) in [6, 6.07) is 19.6. The molecule has 32 heavy (non-hydrogen) atoms. The van der Waals surface area contributed by atoms with Crippen molar-refractivity contribution in [3.8, 4) is 22.8 Å². The van der Waals surface area contributed by atoms with Gasteiger partial charge in [0, 0.05) is 34.8 Å².